The fraction of sp³-hybridized carbons (Fsp3) is 0.333. The largest absolute Gasteiger partial charge is 0.497 e. The number of hydrogen-bond donors (Lipinski definition) is 1. The molecule has 0 saturated carbocycles. The molecule has 3 aromatic rings. The average Bonchev–Trinajstić information content (AvgIpc) is 3.12. The number of nitrogens with zero attached hydrogens (tertiary/aromatic N) is 2. The molecule has 6 heteroatoms. The molecule has 1 heterocycles. The first-order valence-corrected chi connectivity index (χ1v) is 10.3. The lowest BCUT2D eigenvalue weighted by Gasteiger charge is -2.11. The summed E-state index contributed by atoms with van der Waals surface area (Å²) in [5.74, 6) is 2.58. The molecule has 0 spiro atoms. The Morgan fingerprint density at radius 3 is 2.80 bits per heavy atom. The van der Waals surface area contributed by atoms with E-state index < -0.39 is 0 Å². The Morgan fingerprint density at radius 1 is 1.13 bits per heavy atom. The molecule has 30 heavy (non-hydrogen) atoms. The average molecular weight is 408 g/mol. The molecule has 6 nitrogen and oxygen atoms in total. The first-order chi connectivity index (χ1) is 14.7. The molecule has 0 unspecified atom stereocenters. The van der Waals surface area contributed by atoms with Crippen LogP contribution in [0.15, 0.2) is 60.7 Å². The van der Waals surface area contributed by atoms with Crippen LogP contribution >= 0.6 is 0 Å². The molecular weight excluding hydrogens is 378 g/mol. The normalized spacial score (nSPS) is 11.1. The number of amides is 1. The highest BCUT2D eigenvalue weighted by Crippen LogP contribution is 2.20. The molecular formula is C24H29N3O3. The van der Waals surface area contributed by atoms with Gasteiger partial charge in [-0.25, -0.2) is 4.98 Å². The monoisotopic (exact) mass is 407 g/mol. The van der Waals surface area contributed by atoms with Gasteiger partial charge in [-0.1, -0.05) is 24.3 Å². The number of hydrogen-bond acceptors (Lipinski definition) is 4. The fourth-order valence-electron chi connectivity index (χ4n) is 3.34. The highest BCUT2D eigenvalue weighted by atomic mass is 16.5. The molecule has 0 aliphatic carbocycles. The summed E-state index contributed by atoms with van der Waals surface area (Å²) in [7, 11) is 1.65. The van der Waals surface area contributed by atoms with Gasteiger partial charge >= 0.3 is 0 Å². The van der Waals surface area contributed by atoms with Gasteiger partial charge in [0.1, 0.15) is 17.3 Å². The van der Waals surface area contributed by atoms with Crippen molar-refractivity contribution in [1.29, 1.82) is 0 Å². The first-order valence-electron chi connectivity index (χ1n) is 10.3. The third-order valence-electron chi connectivity index (χ3n) is 4.76. The van der Waals surface area contributed by atoms with Crippen LogP contribution in [-0.4, -0.2) is 35.7 Å². The molecule has 1 amide bonds. The maximum absolute atomic E-state index is 11.6. The van der Waals surface area contributed by atoms with Crippen molar-refractivity contribution in [3.05, 3.63) is 66.5 Å². The van der Waals surface area contributed by atoms with E-state index in [1.807, 2.05) is 49.4 Å². The van der Waals surface area contributed by atoms with E-state index in [2.05, 4.69) is 16.0 Å². The second-order valence-electron chi connectivity index (χ2n) is 6.94. The van der Waals surface area contributed by atoms with Gasteiger partial charge in [-0.15, -0.1) is 0 Å². The lowest BCUT2D eigenvalue weighted by molar-refractivity contribution is -0.116. The Balaban J connectivity index is 1.58. The Kier molecular flexibility index (Phi) is 7.89. The Hall–Kier alpha value is -3.28. The number of aryl methyl sites for hydroxylation is 2. The van der Waals surface area contributed by atoms with E-state index in [4.69, 9.17) is 14.5 Å². The van der Waals surface area contributed by atoms with Crippen molar-refractivity contribution in [1.82, 2.24) is 14.9 Å². The van der Waals surface area contributed by atoms with Crippen molar-refractivity contribution in [2.24, 2.45) is 0 Å². The molecule has 0 atom stereocenters. The minimum absolute atomic E-state index is 0.0549. The standard InChI is InChI=1S/C24H29N3O3/c1-3-9-24(28)25-15-7-14-23-26-21-12-4-5-13-22(21)27(23)16-8-17-30-20-11-6-10-19(18-20)29-2/h3-6,9-13,18H,7-8,14-17H2,1-2H3,(H,25,28)/b9-3-. The third kappa shape index (κ3) is 5.86. The van der Waals surface area contributed by atoms with Crippen molar-refractivity contribution in [3.8, 4) is 11.5 Å². The number of para-hydroxylation sites is 2. The maximum Gasteiger partial charge on any atom is 0.243 e. The number of carbonyl (C=O) groups excluding carboxylic acids is 1. The molecule has 2 aromatic carbocycles. The summed E-state index contributed by atoms with van der Waals surface area (Å²) < 4.78 is 13.4. The van der Waals surface area contributed by atoms with E-state index >= 15 is 0 Å². The second kappa shape index (κ2) is 11.0. The highest BCUT2D eigenvalue weighted by Gasteiger charge is 2.10. The number of aromatic nitrogens is 2. The van der Waals surface area contributed by atoms with Gasteiger partial charge in [0, 0.05) is 25.6 Å². The van der Waals surface area contributed by atoms with E-state index in [1.54, 1.807) is 13.2 Å². The number of rotatable bonds is 11. The summed E-state index contributed by atoms with van der Waals surface area (Å²) in [5.41, 5.74) is 2.13. The quantitative estimate of drug-likeness (QED) is 0.383. The molecule has 0 bridgehead atoms. The summed E-state index contributed by atoms with van der Waals surface area (Å²) in [6, 6.07) is 15.8. The topological polar surface area (TPSA) is 65.4 Å². The molecule has 3 rings (SSSR count). The summed E-state index contributed by atoms with van der Waals surface area (Å²) >= 11 is 0. The maximum atomic E-state index is 11.6. The van der Waals surface area contributed by atoms with Gasteiger partial charge < -0.3 is 19.4 Å². The third-order valence-corrected chi connectivity index (χ3v) is 4.76. The van der Waals surface area contributed by atoms with Crippen molar-refractivity contribution in [2.75, 3.05) is 20.3 Å². The van der Waals surface area contributed by atoms with Gasteiger partial charge in [0.2, 0.25) is 5.91 Å². The molecule has 0 aliphatic heterocycles. The Morgan fingerprint density at radius 2 is 1.97 bits per heavy atom. The van der Waals surface area contributed by atoms with Crippen LogP contribution in [0.1, 0.15) is 25.6 Å². The number of benzene rings is 2. The molecule has 0 saturated heterocycles. The zero-order chi connectivity index (χ0) is 21.2. The Labute approximate surface area is 177 Å². The molecule has 0 aliphatic rings. The lowest BCUT2D eigenvalue weighted by Crippen LogP contribution is -2.22. The van der Waals surface area contributed by atoms with Gasteiger partial charge in [-0.3, -0.25) is 4.79 Å². The molecule has 1 N–H and O–H groups in total. The van der Waals surface area contributed by atoms with Crippen LogP contribution in [0.25, 0.3) is 11.0 Å². The van der Waals surface area contributed by atoms with Crippen LogP contribution in [0.2, 0.25) is 0 Å². The number of imidazole rings is 1. The van der Waals surface area contributed by atoms with Crippen molar-refractivity contribution in [3.63, 3.8) is 0 Å². The summed E-state index contributed by atoms with van der Waals surface area (Å²) in [6.45, 7) is 3.90. The van der Waals surface area contributed by atoms with E-state index in [9.17, 15) is 4.79 Å². The summed E-state index contributed by atoms with van der Waals surface area (Å²) in [5, 5.41) is 2.89. The number of fused-ring (bicyclic) bond motifs is 1. The predicted octanol–water partition coefficient (Wildman–Crippen LogP) is 4.14. The molecule has 1 aromatic heterocycles. The number of allylic oxidation sites excluding steroid dienone is 1. The van der Waals surface area contributed by atoms with Crippen LogP contribution < -0.4 is 14.8 Å². The first kappa shape index (κ1) is 21.4. The number of nitrogens with one attached hydrogen (secondary N) is 1. The fourth-order valence-corrected chi connectivity index (χ4v) is 3.34. The second-order valence-corrected chi connectivity index (χ2v) is 6.94. The van der Waals surface area contributed by atoms with Gasteiger partial charge in [0.15, 0.2) is 0 Å². The SMILES string of the molecule is C/C=C\C(=O)NCCCc1nc2ccccc2n1CCCOc1cccc(OC)c1. The van der Waals surface area contributed by atoms with Gasteiger partial charge in [0.05, 0.1) is 24.8 Å². The van der Waals surface area contributed by atoms with Crippen molar-refractivity contribution in [2.45, 2.75) is 32.7 Å². The summed E-state index contributed by atoms with van der Waals surface area (Å²) in [4.78, 5) is 16.4. The van der Waals surface area contributed by atoms with Crippen molar-refractivity contribution >= 4 is 16.9 Å². The number of ether oxygens (including phenoxy) is 2. The summed E-state index contributed by atoms with van der Waals surface area (Å²) in [6.07, 6.45) is 5.79. The van der Waals surface area contributed by atoms with Crippen LogP contribution in [0, 0.1) is 0 Å². The smallest absolute Gasteiger partial charge is 0.243 e. The van der Waals surface area contributed by atoms with Crippen LogP contribution in [-0.2, 0) is 17.8 Å². The van der Waals surface area contributed by atoms with Crippen LogP contribution in [0.3, 0.4) is 0 Å². The molecule has 158 valence electrons. The lowest BCUT2D eigenvalue weighted by atomic mass is 10.2. The van der Waals surface area contributed by atoms with Gasteiger partial charge in [0.25, 0.3) is 0 Å². The molecule has 0 fully saturated rings. The van der Waals surface area contributed by atoms with Crippen LogP contribution in [0.5, 0.6) is 11.5 Å². The molecule has 0 radical (unpaired) electrons. The van der Waals surface area contributed by atoms with Gasteiger partial charge in [-0.05, 0) is 50.1 Å². The van der Waals surface area contributed by atoms with E-state index in [0.29, 0.717) is 13.2 Å². The van der Waals surface area contributed by atoms with E-state index in [0.717, 1.165) is 54.2 Å². The minimum atomic E-state index is -0.0549. The predicted molar refractivity (Wildman–Crippen MR) is 119 cm³/mol. The van der Waals surface area contributed by atoms with E-state index in [-0.39, 0.29) is 5.91 Å². The minimum Gasteiger partial charge on any atom is -0.497 e. The zero-order valence-electron chi connectivity index (χ0n) is 17.6. The van der Waals surface area contributed by atoms with Crippen molar-refractivity contribution < 1.29 is 14.3 Å². The Bertz CT molecular complexity index is 994. The zero-order valence-corrected chi connectivity index (χ0v) is 17.6. The number of carbonyl (C=O) groups is 1. The van der Waals surface area contributed by atoms with Gasteiger partial charge in [-0.2, -0.15) is 0 Å². The number of methoxy groups -OCH3 is 1. The van der Waals surface area contributed by atoms with E-state index in [1.165, 1.54) is 6.08 Å². The highest BCUT2D eigenvalue weighted by molar-refractivity contribution is 5.87. The van der Waals surface area contributed by atoms with Crippen LogP contribution in [0.4, 0.5) is 0 Å².